The molecule has 0 aliphatic carbocycles. The summed E-state index contributed by atoms with van der Waals surface area (Å²) in [4.78, 5) is 22.8. The Morgan fingerprint density at radius 1 is 1.05 bits per heavy atom. The summed E-state index contributed by atoms with van der Waals surface area (Å²) in [5.41, 5.74) is 1.04. The van der Waals surface area contributed by atoms with Crippen LogP contribution in [-0.2, 0) is 10.0 Å². The number of hydrogen-bond donors (Lipinski definition) is 0. The van der Waals surface area contributed by atoms with Crippen LogP contribution in [0.2, 0.25) is 0 Å². The maximum absolute atomic E-state index is 13.9. The van der Waals surface area contributed by atoms with Gasteiger partial charge in [0, 0.05) is 31.7 Å². The van der Waals surface area contributed by atoms with E-state index in [0.29, 0.717) is 59.8 Å². The van der Waals surface area contributed by atoms with Gasteiger partial charge in [-0.1, -0.05) is 32.1 Å². The zero-order chi connectivity index (χ0) is 28.2. The molecule has 1 aromatic heterocycles. The van der Waals surface area contributed by atoms with E-state index >= 15 is 0 Å². The standard InChI is InChI=1S/C28H38N4O5S2.ClH/c1-6-30(7-2)17-18-32(28-29-25-23(36-4)14-15-24(37-5)26(25)38-28)27(33)21-10-12-22(13-11-21)39(34,35)31-16-8-9-20(3)19-31;/h10-15,20H,6-9,16-19H2,1-5H3;1H. The number of nitrogens with zero attached hydrogens (tertiary/aromatic N) is 4. The van der Waals surface area contributed by atoms with Crippen LogP contribution < -0.4 is 14.4 Å². The number of rotatable bonds is 11. The smallest absolute Gasteiger partial charge is 0.260 e. The third kappa shape index (κ3) is 6.71. The lowest BCUT2D eigenvalue weighted by Crippen LogP contribution is -2.39. The molecule has 0 spiro atoms. The topological polar surface area (TPSA) is 92.3 Å². The number of amides is 1. The number of carbonyl (C=O) groups is 1. The van der Waals surface area contributed by atoms with Gasteiger partial charge in [-0.25, -0.2) is 13.4 Å². The highest BCUT2D eigenvalue weighted by molar-refractivity contribution is 7.89. The second kappa shape index (κ2) is 14.0. The Hall–Kier alpha value is -2.44. The number of piperidine rings is 1. The summed E-state index contributed by atoms with van der Waals surface area (Å²) in [5, 5.41) is 0.531. The van der Waals surface area contributed by atoms with Crippen molar-refractivity contribution in [2.75, 3.05) is 58.4 Å². The Bertz CT molecular complexity index is 1350. The van der Waals surface area contributed by atoms with Crippen molar-refractivity contribution in [3.63, 3.8) is 0 Å². The molecule has 1 atom stereocenters. The maximum Gasteiger partial charge on any atom is 0.260 e. The van der Waals surface area contributed by atoms with Crippen LogP contribution in [0.3, 0.4) is 0 Å². The van der Waals surface area contributed by atoms with Gasteiger partial charge in [0.2, 0.25) is 10.0 Å². The zero-order valence-electron chi connectivity index (χ0n) is 23.8. The van der Waals surface area contributed by atoms with Crippen molar-refractivity contribution < 1.29 is 22.7 Å². The van der Waals surface area contributed by atoms with Gasteiger partial charge in [0.25, 0.3) is 5.91 Å². The average Bonchev–Trinajstić information content (AvgIpc) is 3.40. The second-order valence-electron chi connectivity index (χ2n) is 9.76. The van der Waals surface area contributed by atoms with E-state index in [0.717, 1.165) is 30.6 Å². The normalized spacial score (nSPS) is 16.1. The van der Waals surface area contributed by atoms with Crippen LogP contribution in [0.25, 0.3) is 10.2 Å². The first-order valence-corrected chi connectivity index (χ1v) is 15.6. The minimum Gasteiger partial charge on any atom is -0.495 e. The fraction of sp³-hybridized carbons (Fsp3) is 0.500. The summed E-state index contributed by atoms with van der Waals surface area (Å²) >= 11 is 1.37. The van der Waals surface area contributed by atoms with E-state index in [1.165, 1.54) is 23.5 Å². The lowest BCUT2D eigenvalue weighted by molar-refractivity contribution is 0.0983. The van der Waals surface area contributed by atoms with Gasteiger partial charge in [0.15, 0.2) is 5.13 Å². The first-order valence-electron chi connectivity index (χ1n) is 13.4. The van der Waals surface area contributed by atoms with E-state index in [1.54, 1.807) is 41.6 Å². The van der Waals surface area contributed by atoms with Gasteiger partial charge in [-0.15, -0.1) is 12.4 Å². The minimum atomic E-state index is -3.61. The molecule has 0 saturated carbocycles. The molecular weight excluding hydrogens is 572 g/mol. The van der Waals surface area contributed by atoms with Gasteiger partial charge >= 0.3 is 0 Å². The summed E-state index contributed by atoms with van der Waals surface area (Å²) in [5.74, 6) is 1.35. The van der Waals surface area contributed by atoms with Crippen LogP contribution in [0.5, 0.6) is 11.5 Å². The average molecular weight is 611 g/mol. The Kier molecular flexibility index (Phi) is 11.2. The summed E-state index contributed by atoms with van der Waals surface area (Å²) in [6.45, 7) is 10.1. The first-order chi connectivity index (χ1) is 18.7. The number of aromatic nitrogens is 1. The Morgan fingerprint density at radius 2 is 1.70 bits per heavy atom. The molecule has 220 valence electrons. The summed E-state index contributed by atoms with van der Waals surface area (Å²) in [6.07, 6.45) is 1.89. The number of likely N-dealkylation sites (N-methyl/N-ethyl adjacent to an activating group) is 1. The SMILES string of the molecule is CCN(CC)CCN(C(=O)c1ccc(S(=O)(=O)N2CCCC(C)C2)cc1)c1nc2c(OC)ccc(OC)c2s1.Cl. The first kappa shape index (κ1) is 32.1. The van der Waals surface area contributed by atoms with E-state index in [9.17, 15) is 13.2 Å². The van der Waals surface area contributed by atoms with Crippen LogP contribution in [0.4, 0.5) is 5.13 Å². The summed E-state index contributed by atoms with van der Waals surface area (Å²) in [6, 6.07) is 9.90. The number of halogens is 1. The molecule has 2 aromatic carbocycles. The van der Waals surface area contributed by atoms with E-state index in [-0.39, 0.29) is 23.2 Å². The molecule has 1 fully saturated rings. The van der Waals surface area contributed by atoms with Gasteiger partial charge in [0.05, 0.1) is 19.1 Å². The van der Waals surface area contributed by atoms with E-state index in [2.05, 4.69) is 25.7 Å². The number of ether oxygens (including phenoxy) is 2. The Morgan fingerprint density at radius 3 is 2.30 bits per heavy atom. The van der Waals surface area contributed by atoms with Crippen molar-refractivity contribution >= 4 is 55.0 Å². The summed E-state index contributed by atoms with van der Waals surface area (Å²) in [7, 11) is -0.419. The number of benzene rings is 2. The largest absolute Gasteiger partial charge is 0.495 e. The number of thiazole rings is 1. The van der Waals surface area contributed by atoms with Crippen molar-refractivity contribution in [3.05, 3.63) is 42.0 Å². The molecule has 2 heterocycles. The number of sulfonamides is 1. The zero-order valence-corrected chi connectivity index (χ0v) is 26.2. The van der Waals surface area contributed by atoms with Crippen LogP contribution in [0, 0.1) is 5.92 Å². The molecule has 0 N–H and O–H groups in total. The highest BCUT2D eigenvalue weighted by Crippen LogP contribution is 2.40. The van der Waals surface area contributed by atoms with Crippen molar-refractivity contribution in [3.8, 4) is 11.5 Å². The highest BCUT2D eigenvalue weighted by atomic mass is 35.5. The molecule has 3 aromatic rings. The maximum atomic E-state index is 13.9. The second-order valence-corrected chi connectivity index (χ2v) is 12.7. The fourth-order valence-electron chi connectivity index (χ4n) is 4.89. The minimum absolute atomic E-state index is 0. The van der Waals surface area contributed by atoms with Crippen LogP contribution in [-0.4, -0.2) is 82.0 Å². The highest BCUT2D eigenvalue weighted by Gasteiger charge is 2.29. The lowest BCUT2D eigenvalue weighted by atomic mass is 10.0. The molecule has 4 rings (SSSR count). The van der Waals surface area contributed by atoms with Gasteiger partial charge in [0.1, 0.15) is 21.7 Å². The summed E-state index contributed by atoms with van der Waals surface area (Å²) < 4.78 is 39.9. The monoisotopic (exact) mass is 610 g/mol. The third-order valence-electron chi connectivity index (χ3n) is 7.27. The number of hydrogen-bond acceptors (Lipinski definition) is 8. The molecule has 9 nitrogen and oxygen atoms in total. The van der Waals surface area contributed by atoms with E-state index < -0.39 is 10.0 Å². The predicted molar refractivity (Wildman–Crippen MR) is 163 cm³/mol. The van der Waals surface area contributed by atoms with E-state index in [4.69, 9.17) is 14.5 Å². The molecule has 1 aliphatic heterocycles. The number of carbonyl (C=O) groups excluding carboxylic acids is 1. The third-order valence-corrected chi connectivity index (χ3v) is 10.2. The molecule has 40 heavy (non-hydrogen) atoms. The Labute approximate surface area is 247 Å². The van der Waals surface area contributed by atoms with Crippen LogP contribution >= 0.6 is 23.7 Å². The van der Waals surface area contributed by atoms with Gasteiger partial charge in [-0.3, -0.25) is 9.69 Å². The van der Waals surface area contributed by atoms with Crippen molar-refractivity contribution in [1.29, 1.82) is 0 Å². The Balaban J connectivity index is 0.00000441. The fourth-order valence-corrected chi connectivity index (χ4v) is 7.59. The van der Waals surface area contributed by atoms with Gasteiger partial charge in [-0.2, -0.15) is 4.31 Å². The van der Waals surface area contributed by atoms with Gasteiger partial charge < -0.3 is 14.4 Å². The van der Waals surface area contributed by atoms with Crippen LogP contribution in [0.1, 0.15) is 44.0 Å². The van der Waals surface area contributed by atoms with E-state index in [1.807, 2.05) is 6.07 Å². The van der Waals surface area contributed by atoms with Crippen LogP contribution in [0.15, 0.2) is 41.3 Å². The molecule has 1 saturated heterocycles. The molecule has 1 amide bonds. The van der Waals surface area contributed by atoms with Crippen molar-refractivity contribution in [2.24, 2.45) is 5.92 Å². The van der Waals surface area contributed by atoms with Crippen molar-refractivity contribution in [2.45, 2.75) is 38.5 Å². The predicted octanol–water partition coefficient (Wildman–Crippen LogP) is 5.14. The molecule has 0 radical (unpaired) electrons. The molecule has 1 unspecified atom stereocenters. The number of anilines is 1. The molecule has 1 aliphatic rings. The lowest BCUT2D eigenvalue weighted by Gasteiger charge is -2.30. The molecule has 12 heteroatoms. The quantitative estimate of drug-likeness (QED) is 0.297. The number of fused-ring (bicyclic) bond motifs is 1. The van der Waals surface area contributed by atoms with Gasteiger partial charge in [-0.05, 0) is 68.2 Å². The molecular formula is C28H39ClN4O5S2. The molecule has 0 bridgehead atoms. The van der Waals surface area contributed by atoms with Crippen molar-refractivity contribution in [1.82, 2.24) is 14.2 Å². The number of methoxy groups -OCH3 is 2.